The van der Waals surface area contributed by atoms with E-state index in [4.69, 9.17) is 15.0 Å². The molecule has 0 aromatic carbocycles. The summed E-state index contributed by atoms with van der Waals surface area (Å²) >= 11 is 0. The predicted octanol–water partition coefficient (Wildman–Crippen LogP) is 0.0449. The predicted molar refractivity (Wildman–Crippen MR) is 92.9 cm³/mol. The minimum Gasteiger partial charge on any atom is -0.399 e. The highest BCUT2D eigenvalue weighted by Gasteiger charge is 2.52. The molecule has 2 fully saturated rings. The van der Waals surface area contributed by atoms with E-state index in [0.717, 1.165) is 5.46 Å². The number of hydrogen-bond donors (Lipinski definition) is 1. The zero-order valence-electron chi connectivity index (χ0n) is 14.8. The molecule has 2 aliphatic rings. The maximum Gasteiger partial charge on any atom is 0.498 e. The SMILES string of the molecule is CC1(C)OB(c2cnn(C3(CN)CCS(=O)(=O)CC3)c2)OC1(C)C. The quantitative estimate of drug-likeness (QED) is 0.770. The topological polar surface area (TPSA) is 96.4 Å². The molecule has 0 unspecified atom stereocenters. The van der Waals surface area contributed by atoms with Crippen molar-refractivity contribution in [1.29, 1.82) is 0 Å². The fraction of sp³-hybridized carbons (Fsp3) is 0.800. The van der Waals surface area contributed by atoms with Crippen LogP contribution in [0.4, 0.5) is 0 Å². The molecule has 0 bridgehead atoms. The van der Waals surface area contributed by atoms with E-state index in [1.54, 1.807) is 6.20 Å². The molecule has 2 aliphatic heterocycles. The lowest BCUT2D eigenvalue weighted by Gasteiger charge is -2.36. The summed E-state index contributed by atoms with van der Waals surface area (Å²) in [7, 11) is -3.44. The maximum absolute atomic E-state index is 11.7. The van der Waals surface area contributed by atoms with E-state index in [-0.39, 0.29) is 11.5 Å². The largest absolute Gasteiger partial charge is 0.498 e. The van der Waals surface area contributed by atoms with Crippen molar-refractivity contribution in [2.75, 3.05) is 18.1 Å². The van der Waals surface area contributed by atoms with Gasteiger partial charge in [-0.1, -0.05) is 0 Å². The van der Waals surface area contributed by atoms with Gasteiger partial charge in [0.05, 0.1) is 28.2 Å². The Kier molecular flexibility index (Phi) is 4.15. The first kappa shape index (κ1) is 17.9. The Morgan fingerprint density at radius 2 is 1.75 bits per heavy atom. The molecule has 2 saturated heterocycles. The van der Waals surface area contributed by atoms with Crippen LogP contribution in [0.1, 0.15) is 40.5 Å². The Balaban J connectivity index is 1.83. The average Bonchev–Trinajstić information content (AvgIpc) is 3.04. The van der Waals surface area contributed by atoms with E-state index < -0.39 is 33.7 Å². The minimum atomic E-state index is -2.96. The van der Waals surface area contributed by atoms with Gasteiger partial charge in [0.15, 0.2) is 9.84 Å². The van der Waals surface area contributed by atoms with E-state index in [1.165, 1.54) is 0 Å². The first-order valence-corrected chi connectivity index (χ1v) is 10.1. The number of aromatic nitrogens is 2. The fourth-order valence-electron chi connectivity index (χ4n) is 3.14. The third-order valence-electron chi connectivity index (χ3n) is 5.75. The lowest BCUT2D eigenvalue weighted by Crippen LogP contribution is -2.48. The van der Waals surface area contributed by atoms with Crippen LogP contribution in [-0.4, -0.2) is 54.6 Å². The normalized spacial score (nSPS) is 27.3. The Labute approximate surface area is 143 Å². The van der Waals surface area contributed by atoms with Gasteiger partial charge in [0.2, 0.25) is 0 Å². The van der Waals surface area contributed by atoms with Crippen LogP contribution in [0.2, 0.25) is 0 Å². The average molecular weight is 355 g/mol. The van der Waals surface area contributed by atoms with E-state index in [0.29, 0.717) is 19.4 Å². The molecule has 0 amide bonds. The van der Waals surface area contributed by atoms with E-state index in [2.05, 4.69) is 5.10 Å². The van der Waals surface area contributed by atoms with E-state index >= 15 is 0 Å². The number of nitrogens with zero attached hydrogens (tertiary/aromatic N) is 2. The van der Waals surface area contributed by atoms with E-state index in [9.17, 15) is 8.42 Å². The molecule has 1 aromatic heterocycles. The molecule has 24 heavy (non-hydrogen) atoms. The minimum absolute atomic E-state index is 0.149. The second-order valence-electron chi connectivity index (χ2n) is 7.89. The van der Waals surface area contributed by atoms with Crippen LogP contribution >= 0.6 is 0 Å². The first-order chi connectivity index (χ1) is 11.0. The molecule has 0 aliphatic carbocycles. The second kappa shape index (κ2) is 5.55. The van der Waals surface area contributed by atoms with Gasteiger partial charge in [-0.05, 0) is 40.5 Å². The molecule has 0 radical (unpaired) electrons. The van der Waals surface area contributed by atoms with Crippen LogP contribution in [-0.2, 0) is 24.7 Å². The molecule has 0 saturated carbocycles. The van der Waals surface area contributed by atoms with Gasteiger partial charge in [0.1, 0.15) is 0 Å². The highest BCUT2D eigenvalue weighted by atomic mass is 32.2. The van der Waals surface area contributed by atoms with Crippen LogP contribution in [0.15, 0.2) is 12.4 Å². The molecule has 1 aromatic rings. The number of rotatable bonds is 3. The van der Waals surface area contributed by atoms with Crippen molar-refractivity contribution in [3.8, 4) is 0 Å². The number of hydrogen-bond acceptors (Lipinski definition) is 6. The molecule has 134 valence electrons. The summed E-state index contributed by atoms with van der Waals surface area (Å²) in [6, 6.07) is 0. The summed E-state index contributed by atoms with van der Waals surface area (Å²) in [6.07, 6.45) is 4.57. The lowest BCUT2D eigenvalue weighted by atomic mass is 9.81. The van der Waals surface area contributed by atoms with Crippen molar-refractivity contribution >= 4 is 22.4 Å². The molecular weight excluding hydrogens is 329 g/mol. The highest BCUT2D eigenvalue weighted by molar-refractivity contribution is 7.91. The molecule has 3 heterocycles. The third-order valence-corrected chi connectivity index (χ3v) is 7.40. The lowest BCUT2D eigenvalue weighted by molar-refractivity contribution is 0.00578. The molecular formula is C15H26BN3O4S. The molecule has 0 spiro atoms. The standard InChI is InChI=1S/C15H26BN3O4S/c1-13(2)14(3,4)23-16(22-13)12-9-18-19(10-12)15(11-17)5-7-24(20,21)8-6-15/h9-10H,5-8,11,17H2,1-4H3. The summed E-state index contributed by atoms with van der Waals surface area (Å²) in [5, 5.41) is 4.45. The smallest absolute Gasteiger partial charge is 0.399 e. The van der Waals surface area contributed by atoms with Gasteiger partial charge in [-0.3, -0.25) is 4.68 Å². The van der Waals surface area contributed by atoms with Crippen LogP contribution in [0, 0.1) is 0 Å². The van der Waals surface area contributed by atoms with Gasteiger partial charge >= 0.3 is 7.12 Å². The summed E-state index contributed by atoms with van der Waals surface area (Å²) in [5.74, 6) is 0.297. The zero-order chi connectivity index (χ0) is 17.8. The number of sulfone groups is 1. The summed E-state index contributed by atoms with van der Waals surface area (Å²) < 4.78 is 37.4. The Bertz CT molecular complexity index is 699. The van der Waals surface area contributed by atoms with Crippen LogP contribution in [0.3, 0.4) is 0 Å². The highest BCUT2D eigenvalue weighted by Crippen LogP contribution is 2.36. The number of nitrogens with two attached hydrogens (primary N) is 1. The van der Waals surface area contributed by atoms with Gasteiger partial charge in [-0.2, -0.15) is 5.10 Å². The summed E-state index contributed by atoms with van der Waals surface area (Å²) in [5.41, 5.74) is 5.54. The van der Waals surface area contributed by atoms with Gasteiger partial charge in [-0.15, -0.1) is 0 Å². The van der Waals surface area contributed by atoms with E-state index in [1.807, 2.05) is 38.6 Å². The molecule has 9 heteroatoms. The summed E-state index contributed by atoms with van der Waals surface area (Å²) in [6.45, 7) is 8.37. The van der Waals surface area contributed by atoms with Gasteiger partial charge in [-0.25, -0.2) is 8.42 Å². The van der Waals surface area contributed by atoms with Gasteiger partial charge < -0.3 is 15.0 Å². The van der Waals surface area contributed by atoms with Gasteiger partial charge in [0.25, 0.3) is 0 Å². The van der Waals surface area contributed by atoms with Crippen LogP contribution in [0.25, 0.3) is 0 Å². The van der Waals surface area contributed by atoms with Crippen molar-refractivity contribution in [2.45, 2.75) is 57.3 Å². The Morgan fingerprint density at radius 3 is 2.25 bits per heavy atom. The van der Waals surface area contributed by atoms with Gasteiger partial charge in [0, 0.05) is 24.4 Å². The van der Waals surface area contributed by atoms with Crippen molar-refractivity contribution in [3.63, 3.8) is 0 Å². The van der Waals surface area contributed by atoms with Crippen molar-refractivity contribution < 1.29 is 17.7 Å². The first-order valence-electron chi connectivity index (χ1n) is 8.32. The Morgan fingerprint density at radius 1 is 1.21 bits per heavy atom. The van der Waals surface area contributed by atoms with Crippen LogP contribution in [0.5, 0.6) is 0 Å². The molecule has 0 atom stereocenters. The monoisotopic (exact) mass is 355 g/mol. The zero-order valence-corrected chi connectivity index (χ0v) is 15.6. The van der Waals surface area contributed by atoms with Crippen molar-refractivity contribution in [3.05, 3.63) is 12.4 Å². The molecule has 7 nitrogen and oxygen atoms in total. The second-order valence-corrected chi connectivity index (χ2v) is 10.2. The molecule has 2 N–H and O–H groups in total. The van der Waals surface area contributed by atoms with Crippen LogP contribution < -0.4 is 11.2 Å². The summed E-state index contributed by atoms with van der Waals surface area (Å²) in [4.78, 5) is 0. The van der Waals surface area contributed by atoms with Crippen molar-refractivity contribution in [1.82, 2.24) is 9.78 Å². The maximum atomic E-state index is 11.7. The fourth-order valence-corrected chi connectivity index (χ4v) is 4.73. The third kappa shape index (κ3) is 2.91. The van der Waals surface area contributed by atoms with Crippen molar-refractivity contribution in [2.24, 2.45) is 5.73 Å². The Hall–Kier alpha value is -0.895. The molecule has 3 rings (SSSR count).